The Balaban J connectivity index is 1.83. The number of rotatable bonds is 5. The van der Waals surface area contributed by atoms with Crippen molar-refractivity contribution in [2.75, 3.05) is 17.3 Å². The molecule has 0 saturated carbocycles. The summed E-state index contributed by atoms with van der Waals surface area (Å²) in [5.41, 5.74) is 4.44. The van der Waals surface area contributed by atoms with Gasteiger partial charge in [-0.05, 0) is 47.7 Å². The number of carbonyl (C=O) groups excluding carboxylic acids is 2. The first-order chi connectivity index (χ1) is 15.7. The van der Waals surface area contributed by atoms with E-state index in [9.17, 15) is 9.59 Å². The molecule has 0 radical (unpaired) electrons. The average Bonchev–Trinajstić information content (AvgIpc) is 3.03. The summed E-state index contributed by atoms with van der Waals surface area (Å²) < 4.78 is 5.51. The van der Waals surface area contributed by atoms with E-state index < -0.39 is 5.91 Å². The van der Waals surface area contributed by atoms with Crippen LogP contribution >= 0.6 is 0 Å². The quantitative estimate of drug-likeness (QED) is 0.517. The summed E-state index contributed by atoms with van der Waals surface area (Å²) >= 11 is 0. The van der Waals surface area contributed by atoms with E-state index in [1.807, 2.05) is 61.5 Å². The molecule has 0 spiro atoms. The van der Waals surface area contributed by atoms with Crippen molar-refractivity contribution >= 4 is 28.8 Å². The molecule has 1 N–H and O–H groups in total. The number of amides is 2. The van der Waals surface area contributed by atoms with Crippen LogP contribution in [-0.2, 0) is 15.0 Å². The zero-order valence-corrected chi connectivity index (χ0v) is 19.6. The molecule has 5 heteroatoms. The van der Waals surface area contributed by atoms with Gasteiger partial charge in [0.25, 0.3) is 11.8 Å². The monoisotopic (exact) mass is 440 g/mol. The molecule has 168 valence electrons. The minimum atomic E-state index is -0.393. The first-order valence-electron chi connectivity index (χ1n) is 10.9. The van der Waals surface area contributed by atoms with E-state index >= 15 is 0 Å². The summed E-state index contributed by atoms with van der Waals surface area (Å²) in [6.45, 7) is 8.33. The van der Waals surface area contributed by atoms with Crippen LogP contribution in [0.5, 0.6) is 5.75 Å². The van der Waals surface area contributed by atoms with Gasteiger partial charge in [-0.25, -0.2) is 4.90 Å². The van der Waals surface area contributed by atoms with Crippen molar-refractivity contribution in [3.8, 4) is 5.75 Å². The summed E-state index contributed by atoms with van der Waals surface area (Å²) in [5, 5.41) is 3.23. The van der Waals surface area contributed by atoms with Gasteiger partial charge >= 0.3 is 0 Å². The van der Waals surface area contributed by atoms with Crippen molar-refractivity contribution < 1.29 is 14.3 Å². The highest BCUT2D eigenvalue weighted by atomic mass is 16.5. The molecule has 2 amide bonds. The lowest BCUT2D eigenvalue weighted by Gasteiger charge is -2.19. The van der Waals surface area contributed by atoms with E-state index in [1.165, 1.54) is 10.5 Å². The smallest absolute Gasteiger partial charge is 0.282 e. The molecule has 3 aromatic rings. The van der Waals surface area contributed by atoms with Crippen LogP contribution in [0.15, 0.2) is 78.5 Å². The molecule has 0 fully saturated rings. The zero-order chi connectivity index (χ0) is 23.8. The molecule has 5 nitrogen and oxygen atoms in total. The fraction of sp³-hybridized carbons (Fsp3) is 0.214. The minimum Gasteiger partial charge on any atom is -0.496 e. The van der Waals surface area contributed by atoms with E-state index in [2.05, 4.69) is 26.1 Å². The van der Waals surface area contributed by atoms with Gasteiger partial charge in [-0.1, -0.05) is 69.3 Å². The maximum absolute atomic E-state index is 13.7. The molecule has 0 aromatic heterocycles. The molecule has 1 heterocycles. The number of hydrogen-bond donors (Lipinski definition) is 1. The maximum atomic E-state index is 13.7. The first-order valence-corrected chi connectivity index (χ1v) is 10.9. The van der Waals surface area contributed by atoms with Gasteiger partial charge in [-0.15, -0.1) is 0 Å². The molecular formula is C28H28N2O3. The number of nitrogens with one attached hydrogen (secondary N) is 1. The fourth-order valence-corrected chi connectivity index (χ4v) is 3.98. The van der Waals surface area contributed by atoms with Crippen molar-refractivity contribution in [3.63, 3.8) is 0 Å². The van der Waals surface area contributed by atoms with Crippen molar-refractivity contribution in [1.82, 2.24) is 0 Å². The van der Waals surface area contributed by atoms with Crippen LogP contribution in [-0.4, -0.2) is 18.9 Å². The van der Waals surface area contributed by atoms with Crippen LogP contribution in [0, 0.1) is 6.92 Å². The number of benzene rings is 3. The Morgan fingerprint density at radius 2 is 1.45 bits per heavy atom. The van der Waals surface area contributed by atoms with Gasteiger partial charge in [0.05, 0.1) is 18.4 Å². The first kappa shape index (κ1) is 22.3. The molecule has 0 saturated heterocycles. The van der Waals surface area contributed by atoms with Gasteiger partial charge in [0.1, 0.15) is 11.4 Å². The Kier molecular flexibility index (Phi) is 5.81. The van der Waals surface area contributed by atoms with Crippen LogP contribution in [0.3, 0.4) is 0 Å². The highest BCUT2D eigenvalue weighted by Gasteiger charge is 2.41. The van der Waals surface area contributed by atoms with E-state index in [4.69, 9.17) is 4.74 Å². The third-order valence-electron chi connectivity index (χ3n) is 5.84. The van der Waals surface area contributed by atoms with Crippen LogP contribution in [0.1, 0.15) is 37.5 Å². The number of methoxy groups -OCH3 is 1. The summed E-state index contributed by atoms with van der Waals surface area (Å²) in [7, 11) is 1.55. The van der Waals surface area contributed by atoms with Gasteiger partial charge in [-0.2, -0.15) is 0 Å². The minimum absolute atomic E-state index is 0.0150. The molecule has 4 rings (SSSR count). The predicted octanol–water partition coefficient (Wildman–Crippen LogP) is 5.70. The number of imide groups is 1. The summed E-state index contributed by atoms with van der Waals surface area (Å²) in [6, 6.07) is 22.5. The van der Waals surface area contributed by atoms with Crippen LogP contribution < -0.4 is 15.0 Å². The molecular weight excluding hydrogens is 412 g/mol. The highest BCUT2D eigenvalue weighted by Crippen LogP contribution is 2.38. The van der Waals surface area contributed by atoms with Crippen molar-refractivity contribution in [1.29, 1.82) is 0 Å². The Hall–Kier alpha value is -3.86. The third kappa shape index (κ3) is 4.14. The van der Waals surface area contributed by atoms with Crippen LogP contribution in [0.2, 0.25) is 0 Å². The normalized spacial score (nSPS) is 14.2. The molecule has 1 aliphatic rings. The lowest BCUT2D eigenvalue weighted by atomic mass is 9.87. The second-order valence-corrected chi connectivity index (χ2v) is 9.13. The molecule has 3 aromatic carbocycles. The second-order valence-electron chi connectivity index (χ2n) is 9.13. The van der Waals surface area contributed by atoms with E-state index in [0.717, 1.165) is 11.3 Å². The number of carbonyl (C=O) groups is 2. The van der Waals surface area contributed by atoms with Crippen molar-refractivity contribution in [2.45, 2.75) is 33.1 Å². The number of anilines is 2. The topological polar surface area (TPSA) is 58.6 Å². The van der Waals surface area contributed by atoms with Gasteiger partial charge in [-0.3, -0.25) is 9.59 Å². The number of para-hydroxylation sites is 2. The zero-order valence-electron chi connectivity index (χ0n) is 19.6. The Bertz CT molecular complexity index is 1250. The molecule has 0 bridgehead atoms. The lowest BCUT2D eigenvalue weighted by molar-refractivity contribution is -0.120. The van der Waals surface area contributed by atoms with E-state index in [1.54, 1.807) is 25.3 Å². The Morgan fingerprint density at radius 3 is 2.09 bits per heavy atom. The maximum Gasteiger partial charge on any atom is 0.282 e. The summed E-state index contributed by atoms with van der Waals surface area (Å²) in [6.07, 6.45) is 0. The summed E-state index contributed by atoms with van der Waals surface area (Å²) in [4.78, 5) is 28.5. The van der Waals surface area contributed by atoms with Crippen LogP contribution in [0.4, 0.5) is 11.4 Å². The van der Waals surface area contributed by atoms with Crippen molar-refractivity contribution in [3.05, 3.63) is 95.2 Å². The molecule has 33 heavy (non-hydrogen) atoms. The number of ether oxygens (including phenoxy) is 1. The Morgan fingerprint density at radius 1 is 0.818 bits per heavy atom. The predicted molar refractivity (Wildman–Crippen MR) is 132 cm³/mol. The van der Waals surface area contributed by atoms with Crippen molar-refractivity contribution in [2.24, 2.45) is 0 Å². The van der Waals surface area contributed by atoms with Gasteiger partial charge in [0, 0.05) is 11.3 Å². The molecule has 0 aliphatic carbocycles. The standard InChI is InChI=1S/C28H28N2O3/c1-18-10-6-8-12-22(18)30-26(31)24(21-11-7-9-13-23(21)33-5)25(27(30)32)29-20-16-14-19(15-17-20)28(2,3)4/h6-17,29H,1-5H3. The number of nitrogens with zero attached hydrogens (tertiary/aromatic N) is 1. The Labute approximate surface area is 194 Å². The average molecular weight is 441 g/mol. The summed E-state index contributed by atoms with van der Waals surface area (Å²) in [5.74, 6) is -0.245. The van der Waals surface area contributed by atoms with Gasteiger partial charge in [0.2, 0.25) is 0 Å². The molecule has 0 unspecified atom stereocenters. The van der Waals surface area contributed by atoms with Gasteiger partial charge in [0.15, 0.2) is 0 Å². The van der Waals surface area contributed by atoms with E-state index in [0.29, 0.717) is 22.6 Å². The van der Waals surface area contributed by atoms with Crippen LogP contribution in [0.25, 0.3) is 5.57 Å². The number of hydrogen-bond acceptors (Lipinski definition) is 4. The largest absolute Gasteiger partial charge is 0.496 e. The SMILES string of the molecule is COc1ccccc1C1=C(Nc2ccc(C(C)(C)C)cc2)C(=O)N(c2ccccc2C)C1=O. The molecule has 1 aliphatic heterocycles. The van der Waals surface area contributed by atoms with E-state index in [-0.39, 0.29) is 17.0 Å². The highest BCUT2D eigenvalue weighted by molar-refractivity contribution is 6.46. The molecule has 0 atom stereocenters. The second kappa shape index (κ2) is 8.58. The van der Waals surface area contributed by atoms with Gasteiger partial charge < -0.3 is 10.1 Å². The lowest BCUT2D eigenvalue weighted by Crippen LogP contribution is -2.33. The number of aryl methyl sites for hydroxylation is 1. The fourth-order valence-electron chi connectivity index (χ4n) is 3.98. The third-order valence-corrected chi connectivity index (χ3v) is 5.84.